The summed E-state index contributed by atoms with van der Waals surface area (Å²) < 4.78 is 1.96. The maximum absolute atomic E-state index is 4.90. The SMILES string of the molecule is Cn1nc(N2Cc3ccccc3C2)c(C#Cc2ccccc2)c1-c1ccccc1. The molecule has 0 saturated carbocycles. The van der Waals surface area contributed by atoms with Gasteiger partial charge in [-0.25, -0.2) is 0 Å². The summed E-state index contributed by atoms with van der Waals surface area (Å²) in [6.45, 7) is 1.73. The lowest BCUT2D eigenvalue weighted by atomic mass is 10.1. The van der Waals surface area contributed by atoms with Crippen molar-refractivity contribution in [2.75, 3.05) is 4.90 Å². The van der Waals surface area contributed by atoms with Gasteiger partial charge < -0.3 is 4.90 Å². The standard InChI is InChI=1S/C26H21N3/c1-28-25(21-12-6-3-7-13-21)24(17-16-20-10-4-2-5-11-20)26(27-28)29-18-22-14-8-9-15-23(22)19-29/h2-15H,18-19H2,1H3. The molecule has 3 aromatic carbocycles. The fraction of sp³-hybridized carbons (Fsp3) is 0.115. The van der Waals surface area contributed by atoms with Gasteiger partial charge in [0.2, 0.25) is 0 Å². The molecule has 4 aromatic rings. The van der Waals surface area contributed by atoms with Gasteiger partial charge in [-0.05, 0) is 23.3 Å². The third-order valence-corrected chi connectivity index (χ3v) is 5.32. The first-order chi connectivity index (χ1) is 14.3. The second-order valence-electron chi connectivity index (χ2n) is 7.28. The highest BCUT2D eigenvalue weighted by atomic mass is 15.4. The van der Waals surface area contributed by atoms with Crippen molar-refractivity contribution >= 4 is 5.82 Å². The summed E-state index contributed by atoms with van der Waals surface area (Å²) in [7, 11) is 2.00. The van der Waals surface area contributed by atoms with E-state index in [2.05, 4.69) is 65.3 Å². The zero-order valence-corrected chi connectivity index (χ0v) is 16.3. The normalized spacial score (nSPS) is 12.4. The summed E-state index contributed by atoms with van der Waals surface area (Å²) >= 11 is 0. The van der Waals surface area contributed by atoms with Gasteiger partial charge in [0.15, 0.2) is 5.82 Å². The zero-order valence-electron chi connectivity index (χ0n) is 16.3. The quantitative estimate of drug-likeness (QED) is 0.459. The average Bonchev–Trinajstić information content (AvgIpc) is 3.34. The smallest absolute Gasteiger partial charge is 0.167 e. The molecule has 1 aliphatic rings. The lowest BCUT2D eigenvalue weighted by molar-refractivity contribution is 0.750. The van der Waals surface area contributed by atoms with E-state index < -0.39 is 0 Å². The molecule has 0 N–H and O–H groups in total. The Hall–Kier alpha value is -3.77. The first kappa shape index (κ1) is 17.3. The molecule has 0 atom stereocenters. The Bertz CT molecular complexity index is 1190. The van der Waals surface area contributed by atoms with Gasteiger partial charge in [-0.3, -0.25) is 4.68 Å². The van der Waals surface area contributed by atoms with Crippen LogP contribution in [0, 0.1) is 11.8 Å². The van der Waals surface area contributed by atoms with E-state index in [9.17, 15) is 0 Å². The number of rotatable bonds is 2. The Balaban J connectivity index is 1.63. The first-order valence-corrected chi connectivity index (χ1v) is 9.81. The number of fused-ring (bicyclic) bond motifs is 1. The summed E-state index contributed by atoms with van der Waals surface area (Å²) in [5.41, 5.74) is 6.90. The van der Waals surface area contributed by atoms with Gasteiger partial charge in [-0.15, -0.1) is 0 Å². The third-order valence-electron chi connectivity index (χ3n) is 5.32. The zero-order chi connectivity index (χ0) is 19.6. The lowest BCUT2D eigenvalue weighted by Gasteiger charge is -2.15. The highest BCUT2D eigenvalue weighted by molar-refractivity contribution is 5.76. The molecule has 1 aromatic heterocycles. The molecule has 0 spiro atoms. The lowest BCUT2D eigenvalue weighted by Crippen LogP contribution is -2.16. The van der Waals surface area contributed by atoms with Crippen molar-refractivity contribution < 1.29 is 0 Å². The van der Waals surface area contributed by atoms with E-state index in [1.54, 1.807) is 0 Å². The van der Waals surface area contributed by atoms with Crippen molar-refractivity contribution in [3.8, 4) is 23.1 Å². The van der Waals surface area contributed by atoms with E-state index in [-0.39, 0.29) is 0 Å². The number of benzene rings is 3. The number of aryl methyl sites for hydroxylation is 1. The van der Waals surface area contributed by atoms with Crippen LogP contribution in [-0.2, 0) is 20.1 Å². The average molecular weight is 375 g/mol. The molecule has 0 bridgehead atoms. The maximum Gasteiger partial charge on any atom is 0.167 e. The molecule has 0 unspecified atom stereocenters. The molecular weight excluding hydrogens is 354 g/mol. The van der Waals surface area contributed by atoms with Crippen molar-refractivity contribution in [2.24, 2.45) is 7.05 Å². The number of aromatic nitrogens is 2. The van der Waals surface area contributed by atoms with Crippen LogP contribution in [0.1, 0.15) is 22.3 Å². The molecule has 3 heteroatoms. The molecule has 0 fully saturated rings. The van der Waals surface area contributed by atoms with Crippen LogP contribution in [0.5, 0.6) is 0 Å². The van der Waals surface area contributed by atoms with Crippen molar-refractivity contribution in [1.82, 2.24) is 9.78 Å². The molecule has 0 aliphatic carbocycles. The van der Waals surface area contributed by atoms with Crippen LogP contribution in [0.25, 0.3) is 11.3 Å². The van der Waals surface area contributed by atoms with Gasteiger partial charge in [0.05, 0.1) is 11.3 Å². The molecule has 0 radical (unpaired) electrons. The summed E-state index contributed by atoms with van der Waals surface area (Å²) in [6, 6.07) is 29.1. The molecule has 1 aliphatic heterocycles. The summed E-state index contributed by atoms with van der Waals surface area (Å²) in [6.07, 6.45) is 0. The Morgan fingerprint density at radius 1 is 0.724 bits per heavy atom. The van der Waals surface area contributed by atoms with E-state index in [4.69, 9.17) is 5.10 Å². The Morgan fingerprint density at radius 3 is 1.97 bits per heavy atom. The largest absolute Gasteiger partial charge is 0.345 e. The van der Waals surface area contributed by atoms with Gasteiger partial charge in [0.1, 0.15) is 0 Å². The number of hydrogen-bond acceptors (Lipinski definition) is 2. The van der Waals surface area contributed by atoms with Crippen LogP contribution >= 0.6 is 0 Å². The van der Waals surface area contributed by atoms with E-state index in [0.29, 0.717) is 0 Å². The van der Waals surface area contributed by atoms with Crippen LogP contribution in [0.2, 0.25) is 0 Å². The second-order valence-corrected chi connectivity index (χ2v) is 7.28. The van der Waals surface area contributed by atoms with Gasteiger partial charge >= 0.3 is 0 Å². The number of nitrogens with zero attached hydrogens (tertiary/aromatic N) is 3. The molecule has 140 valence electrons. The predicted octanol–water partition coefficient (Wildman–Crippen LogP) is 5.01. The van der Waals surface area contributed by atoms with Gasteiger partial charge in [-0.1, -0.05) is 84.6 Å². The fourth-order valence-electron chi connectivity index (χ4n) is 3.91. The fourth-order valence-corrected chi connectivity index (χ4v) is 3.91. The summed E-state index contributed by atoms with van der Waals surface area (Å²) in [4.78, 5) is 2.33. The minimum atomic E-state index is 0.863. The highest BCUT2D eigenvalue weighted by Crippen LogP contribution is 2.34. The van der Waals surface area contributed by atoms with Crippen LogP contribution < -0.4 is 4.90 Å². The van der Waals surface area contributed by atoms with Crippen molar-refractivity contribution in [3.05, 3.63) is 107 Å². The predicted molar refractivity (Wildman–Crippen MR) is 117 cm³/mol. The second kappa shape index (κ2) is 7.33. The first-order valence-electron chi connectivity index (χ1n) is 9.81. The molecule has 3 nitrogen and oxygen atoms in total. The Morgan fingerprint density at radius 2 is 1.31 bits per heavy atom. The minimum absolute atomic E-state index is 0.863. The van der Waals surface area contributed by atoms with Crippen LogP contribution in [0.15, 0.2) is 84.9 Å². The molecule has 29 heavy (non-hydrogen) atoms. The van der Waals surface area contributed by atoms with E-state index in [1.807, 2.05) is 48.1 Å². The van der Waals surface area contributed by atoms with Gasteiger partial charge in [0.25, 0.3) is 0 Å². The molecular formula is C26H21N3. The molecule has 2 heterocycles. The van der Waals surface area contributed by atoms with E-state index in [0.717, 1.165) is 41.3 Å². The summed E-state index contributed by atoms with van der Waals surface area (Å²) in [5.74, 6) is 7.74. The molecule has 0 saturated heterocycles. The topological polar surface area (TPSA) is 21.1 Å². The third kappa shape index (κ3) is 3.30. The minimum Gasteiger partial charge on any atom is -0.345 e. The Labute approximate surface area is 171 Å². The van der Waals surface area contributed by atoms with Crippen LogP contribution in [-0.4, -0.2) is 9.78 Å². The van der Waals surface area contributed by atoms with E-state index in [1.165, 1.54) is 11.1 Å². The van der Waals surface area contributed by atoms with Crippen molar-refractivity contribution in [1.29, 1.82) is 0 Å². The number of hydrogen-bond donors (Lipinski definition) is 0. The summed E-state index contributed by atoms with van der Waals surface area (Å²) in [5, 5.41) is 4.90. The molecule has 0 amide bonds. The van der Waals surface area contributed by atoms with E-state index >= 15 is 0 Å². The van der Waals surface area contributed by atoms with Crippen LogP contribution in [0.3, 0.4) is 0 Å². The maximum atomic E-state index is 4.90. The monoisotopic (exact) mass is 375 g/mol. The van der Waals surface area contributed by atoms with Gasteiger partial charge in [-0.2, -0.15) is 5.10 Å². The van der Waals surface area contributed by atoms with Crippen LogP contribution in [0.4, 0.5) is 5.82 Å². The highest BCUT2D eigenvalue weighted by Gasteiger charge is 2.26. The van der Waals surface area contributed by atoms with Crippen molar-refractivity contribution in [2.45, 2.75) is 13.1 Å². The van der Waals surface area contributed by atoms with Gasteiger partial charge in [0, 0.05) is 31.3 Å². The van der Waals surface area contributed by atoms with Crippen molar-refractivity contribution in [3.63, 3.8) is 0 Å². The number of anilines is 1. The Kier molecular flexibility index (Phi) is 4.38. The molecule has 5 rings (SSSR count).